The largest absolute Gasteiger partial charge is 0.462 e. The lowest BCUT2D eigenvalue weighted by Crippen LogP contribution is -2.19. The summed E-state index contributed by atoms with van der Waals surface area (Å²) in [5.74, 6) is 0.0311. The molecule has 0 fully saturated rings. The third kappa shape index (κ3) is 28.3. The zero-order valence-electron chi connectivity index (χ0n) is 25.8. The maximum atomic E-state index is 12.2. The first-order valence-corrected chi connectivity index (χ1v) is 17.1. The Labute approximate surface area is 233 Å². The highest BCUT2D eigenvalue weighted by atomic mass is 16.5. The number of nitrogens with two attached hydrogens (primary N) is 1. The Morgan fingerprint density at radius 2 is 0.838 bits per heavy atom. The quantitative estimate of drug-likeness (QED) is 0.0752. The van der Waals surface area contributed by atoms with Gasteiger partial charge in [0.1, 0.15) is 6.10 Å². The second kappa shape index (κ2) is 30.0. The number of carbonyl (C=O) groups is 1. The van der Waals surface area contributed by atoms with Crippen molar-refractivity contribution in [2.45, 2.75) is 213 Å². The Balaban J connectivity index is 3.41. The third-order valence-electron chi connectivity index (χ3n) is 7.94. The lowest BCUT2D eigenvalue weighted by molar-refractivity contribution is -0.150. The van der Waals surface area contributed by atoms with Gasteiger partial charge in [-0.05, 0) is 32.1 Å². The van der Waals surface area contributed by atoms with E-state index in [1.165, 1.54) is 135 Å². The number of esters is 1. The maximum absolute atomic E-state index is 12.2. The summed E-state index contributed by atoms with van der Waals surface area (Å²) in [5, 5.41) is 0. The van der Waals surface area contributed by atoms with Gasteiger partial charge < -0.3 is 10.5 Å². The van der Waals surface area contributed by atoms with E-state index < -0.39 is 0 Å². The van der Waals surface area contributed by atoms with E-state index in [2.05, 4.69) is 20.8 Å². The van der Waals surface area contributed by atoms with Crippen molar-refractivity contribution in [3.05, 3.63) is 0 Å². The molecule has 0 aromatic rings. The number of ether oxygens (including phenoxy) is 1. The molecule has 0 rings (SSSR count). The molecule has 0 aliphatic heterocycles. The topological polar surface area (TPSA) is 52.3 Å². The number of rotatable bonds is 30. The molecule has 0 saturated heterocycles. The van der Waals surface area contributed by atoms with Gasteiger partial charge in [0.25, 0.3) is 0 Å². The summed E-state index contributed by atoms with van der Waals surface area (Å²) < 4.78 is 5.76. The van der Waals surface area contributed by atoms with Gasteiger partial charge >= 0.3 is 5.97 Å². The van der Waals surface area contributed by atoms with Gasteiger partial charge in [-0.1, -0.05) is 162 Å². The van der Waals surface area contributed by atoms with Crippen molar-refractivity contribution in [1.82, 2.24) is 0 Å². The summed E-state index contributed by atoms with van der Waals surface area (Å²) in [7, 11) is 0. The van der Waals surface area contributed by atoms with Crippen LogP contribution in [0.5, 0.6) is 0 Å². The summed E-state index contributed by atoms with van der Waals surface area (Å²) in [6.07, 6.45) is 35.4. The van der Waals surface area contributed by atoms with Crippen molar-refractivity contribution in [2.75, 3.05) is 0 Å². The van der Waals surface area contributed by atoms with Gasteiger partial charge in [-0.25, -0.2) is 0 Å². The molecule has 0 amide bonds. The monoisotopic (exact) mass is 524 g/mol. The van der Waals surface area contributed by atoms with E-state index in [1.807, 2.05) is 0 Å². The minimum atomic E-state index is 0.0311. The van der Waals surface area contributed by atoms with Crippen LogP contribution in [0.3, 0.4) is 0 Å². The Morgan fingerprint density at radius 1 is 0.486 bits per heavy atom. The molecular formula is C34H69NO2. The number of hydrogen-bond donors (Lipinski definition) is 1. The highest BCUT2D eigenvalue weighted by Gasteiger charge is 2.13. The summed E-state index contributed by atoms with van der Waals surface area (Å²) in [4.78, 5) is 12.2. The van der Waals surface area contributed by atoms with Crippen LogP contribution in [0.2, 0.25) is 0 Å². The second-order valence-corrected chi connectivity index (χ2v) is 11.8. The third-order valence-corrected chi connectivity index (χ3v) is 7.94. The molecule has 0 bridgehead atoms. The summed E-state index contributed by atoms with van der Waals surface area (Å²) in [5.41, 5.74) is 6.35. The fourth-order valence-corrected chi connectivity index (χ4v) is 5.32. The summed E-state index contributed by atoms with van der Waals surface area (Å²) in [6, 6.07) is 0.425. The Hall–Kier alpha value is -0.570. The maximum Gasteiger partial charge on any atom is 0.306 e. The molecule has 2 N–H and O–H groups in total. The van der Waals surface area contributed by atoms with Gasteiger partial charge in [0.15, 0.2) is 0 Å². The minimum absolute atomic E-state index is 0.0311. The molecule has 37 heavy (non-hydrogen) atoms. The first kappa shape index (κ1) is 36.4. The van der Waals surface area contributed by atoms with Gasteiger partial charge in [0, 0.05) is 12.5 Å². The Morgan fingerprint density at radius 3 is 1.24 bits per heavy atom. The van der Waals surface area contributed by atoms with Crippen molar-refractivity contribution < 1.29 is 9.53 Å². The van der Waals surface area contributed by atoms with E-state index in [0.717, 1.165) is 38.5 Å². The van der Waals surface area contributed by atoms with Crippen LogP contribution >= 0.6 is 0 Å². The van der Waals surface area contributed by atoms with E-state index in [0.29, 0.717) is 12.5 Å². The highest BCUT2D eigenvalue weighted by Crippen LogP contribution is 2.17. The average molecular weight is 524 g/mol. The van der Waals surface area contributed by atoms with Crippen LogP contribution in [0.25, 0.3) is 0 Å². The first-order valence-electron chi connectivity index (χ1n) is 17.1. The predicted octanol–water partition coefficient (Wildman–Crippen LogP) is 11.2. The van der Waals surface area contributed by atoms with Crippen LogP contribution in [-0.4, -0.2) is 18.1 Å². The van der Waals surface area contributed by atoms with E-state index in [4.69, 9.17) is 10.5 Å². The molecule has 0 aromatic carbocycles. The van der Waals surface area contributed by atoms with Crippen LogP contribution in [0.15, 0.2) is 0 Å². The van der Waals surface area contributed by atoms with Crippen LogP contribution in [0.4, 0.5) is 0 Å². The van der Waals surface area contributed by atoms with Crippen molar-refractivity contribution in [3.8, 4) is 0 Å². The zero-order valence-corrected chi connectivity index (χ0v) is 25.8. The molecule has 0 radical (unpaired) electrons. The molecular weight excluding hydrogens is 454 g/mol. The molecule has 0 heterocycles. The van der Waals surface area contributed by atoms with E-state index in [-0.39, 0.29) is 12.1 Å². The van der Waals surface area contributed by atoms with E-state index >= 15 is 0 Å². The predicted molar refractivity (Wildman–Crippen MR) is 164 cm³/mol. The van der Waals surface area contributed by atoms with Crippen LogP contribution in [0, 0.1) is 0 Å². The highest BCUT2D eigenvalue weighted by molar-refractivity contribution is 5.69. The Kier molecular flexibility index (Phi) is 29.5. The molecule has 3 heteroatoms. The van der Waals surface area contributed by atoms with Gasteiger partial charge in [-0.3, -0.25) is 4.79 Å². The second-order valence-electron chi connectivity index (χ2n) is 11.8. The van der Waals surface area contributed by atoms with E-state index in [9.17, 15) is 4.79 Å². The van der Waals surface area contributed by atoms with Gasteiger partial charge in [-0.2, -0.15) is 0 Å². The average Bonchev–Trinajstić information content (AvgIpc) is 2.89. The SMILES string of the molecule is CCCCCCCCCCCCC(N)CCCCCCCCCCCC(=O)OC(CCCC)CCCC. The van der Waals surface area contributed by atoms with Gasteiger partial charge in [-0.15, -0.1) is 0 Å². The molecule has 1 atom stereocenters. The molecule has 222 valence electrons. The molecule has 0 saturated carbocycles. The Bertz CT molecular complexity index is 445. The van der Waals surface area contributed by atoms with Crippen molar-refractivity contribution in [2.24, 2.45) is 5.73 Å². The minimum Gasteiger partial charge on any atom is -0.462 e. The lowest BCUT2D eigenvalue weighted by Gasteiger charge is -2.17. The van der Waals surface area contributed by atoms with Crippen molar-refractivity contribution in [3.63, 3.8) is 0 Å². The standard InChI is InChI=1S/C34H69NO2/c1-4-7-10-11-12-13-15-18-21-24-27-32(35)28-25-22-19-16-14-17-20-23-26-31-34(36)37-33(29-8-5-2)30-9-6-3/h32-33H,4-31,35H2,1-3H3. The van der Waals surface area contributed by atoms with Crippen molar-refractivity contribution in [1.29, 1.82) is 0 Å². The summed E-state index contributed by atoms with van der Waals surface area (Å²) >= 11 is 0. The molecule has 0 aliphatic carbocycles. The fraction of sp³-hybridized carbons (Fsp3) is 0.971. The van der Waals surface area contributed by atoms with Crippen LogP contribution in [-0.2, 0) is 9.53 Å². The van der Waals surface area contributed by atoms with Gasteiger partial charge in [0.05, 0.1) is 0 Å². The smallest absolute Gasteiger partial charge is 0.306 e. The number of hydrogen-bond acceptors (Lipinski definition) is 3. The van der Waals surface area contributed by atoms with Crippen LogP contribution < -0.4 is 5.73 Å². The van der Waals surface area contributed by atoms with Gasteiger partial charge in [0.2, 0.25) is 0 Å². The molecule has 0 spiro atoms. The molecule has 1 unspecified atom stereocenters. The number of unbranched alkanes of at least 4 members (excludes halogenated alkanes) is 19. The lowest BCUT2D eigenvalue weighted by atomic mass is 10.00. The normalized spacial score (nSPS) is 12.4. The summed E-state index contributed by atoms with van der Waals surface area (Å²) in [6.45, 7) is 6.69. The zero-order chi connectivity index (χ0) is 27.2. The molecule has 3 nitrogen and oxygen atoms in total. The van der Waals surface area contributed by atoms with Crippen LogP contribution in [0.1, 0.15) is 201 Å². The van der Waals surface area contributed by atoms with Crippen molar-refractivity contribution >= 4 is 5.97 Å². The molecule has 0 aliphatic rings. The van der Waals surface area contributed by atoms with E-state index in [1.54, 1.807) is 0 Å². The first-order chi connectivity index (χ1) is 18.1. The fourth-order valence-electron chi connectivity index (χ4n) is 5.32. The number of carbonyl (C=O) groups excluding carboxylic acids is 1. The molecule has 0 aromatic heterocycles.